The molecular weight excluding hydrogens is 390 g/mol. The fourth-order valence-corrected chi connectivity index (χ4v) is 3.76. The highest BCUT2D eigenvalue weighted by atomic mass is 16.2. The van der Waals surface area contributed by atoms with Crippen LogP contribution in [0.4, 0.5) is 5.69 Å². The predicted octanol–water partition coefficient (Wildman–Crippen LogP) is 1.77. The normalized spacial score (nSPS) is 16.5. The molecule has 8 nitrogen and oxygen atoms in total. The van der Waals surface area contributed by atoms with Crippen molar-refractivity contribution in [2.24, 2.45) is 12.0 Å². The second-order valence-electron chi connectivity index (χ2n) is 8.34. The number of para-hydroxylation sites is 1. The quantitative estimate of drug-likeness (QED) is 0.397. The predicted molar refractivity (Wildman–Crippen MR) is 125 cm³/mol. The van der Waals surface area contributed by atoms with E-state index in [1.807, 2.05) is 24.0 Å². The fourth-order valence-electron chi connectivity index (χ4n) is 3.76. The molecule has 1 aliphatic heterocycles. The van der Waals surface area contributed by atoms with Gasteiger partial charge < -0.3 is 20.0 Å². The molecule has 0 aliphatic carbocycles. The van der Waals surface area contributed by atoms with Gasteiger partial charge in [0.2, 0.25) is 5.91 Å². The van der Waals surface area contributed by atoms with Crippen LogP contribution in [0.15, 0.2) is 47.7 Å². The van der Waals surface area contributed by atoms with Gasteiger partial charge in [0.15, 0.2) is 5.96 Å². The first-order valence-electron chi connectivity index (χ1n) is 10.9. The number of aromatic nitrogens is 2. The Balaban J connectivity index is 1.56. The summed E-state index contributed by atoms with van der Waals surface area (Å²) in [6.45, 7) is 3.72. The molecule has 0 radical (unpaired) electrons. The summed E-state index contributed by atoms with van der Waals surface area (Å²) >= 11 is 0. The van der Waals surface area contributed by atoms with Crippen molar-refractivity contribution in [3.05, 3.63) is 48.3 Å². The molecule has 1 aliphatic rings. The van der Waals surface area contributed by atoms with Crippen LogP contribution >= 0.6 is 0 Å². The average molecular weight is 426 g/mol. The molecule has 1 amide bonds. The summed E-state index contributed by atoms with van der Waals surface area (Å²) in [4.78, 5) is 22.8. The minimum absolute atomic E-state index is 0.00566. The van der Waals surface area contributed by atoms with E-state index in [9.17, 15) is 4.79 Å². The molecule has 1 aromatic carbocycles. The number of hydrogen-bond donors (Lipinski definition) is 1. The van der Waals surface area contributed by atoms with Gasteiger partial charge >= 0.3 is 0 Å². The maximum absolute atomic E-state index is 12.1. The largest absolute Gasteiger partial charge is 0.375 e. The van der Waals surface area contributed by atoms with Gasteiger partial charge in [0.25, 0.3) is 0 Å². The zero-order valence-electron chi connectivity index (χ0n) is 19.2. The standard InChI is InChI=1S/C23H35N7O/c1-27(2)22(31)16-25-23(24-12-8-13-28(3)21-9-6-5-7-10-21)30-14-11-19(18-30)20-15-26-29(4)17-20/h5-7,9-10,15,17,19H,8,11-14,16,18H2,1-4H3,(H,24,25). The Morgan fingerprint density at radius 1 is 1.26 bits per heavy atom. The van der Waals surface area contributed by atoms with Gasteiger partial charge in [-0.3, -0.25) is 9.48 Å². The van der Waals surface area contributed by atoms with E-state index in [4.69, 9.17) is 0 Å². The van der Waals surface area contributed by atoms with Crippen molar-refractivity contribution in [2.45, 2.75) is 18.8 Å². The summed E-state index contributed by atoms with van der Waals surface area (Å²) in [7, 11) is 7.58. The van der Waals surface area contributed by atoms with E-state index in [2.05, 4.69) is 62.7 Å². The van der Waals surface area contributed by atoms with Crippen molar-refractivity contribution in [1.82, 2.24) is 24.9 Å². The molecule has 0 bridgehead atoms. The number of guanidine groups is 1. The van der Waals surface area contributed by atoms with Crippen molar-refractivity contribution in [1.29, 1.82) is 0 Å². The SMILES string of the molecule is CN(C)C(=O)CN=C(NCCCN(C)c1ccccc1)N1CCC(c2cnn(C)c2)C1. The number of amides is 1. The van der Waals surface area contributed by atoms with Crippen LogP contribution in [-0.4, -0.2) is 85.3 Å². The molecule has 1 saturated heterocycles. The van der Waals surface area contributed by atoms with Crippen molar-refractivity contribution >= 4 is 17.6 Å². The number of likely N-dealkylation sites (N-methyl/N-ethyl adjacent to an activating group) is 1. The van der Waals surface area contributed by atoms with Crippen LogP contribution in [0.25, 0.3) is 0 Å². The molecule has 3 rings (SSSR count). The van der Waals surface area contributed by atoms with Gasteiger partial charge in [-0.2, -0.15) is 5.10 Å². The molecule has 2 aromatic rings. The molecule has 31 heavy (non-hydrogen) atoms. The molecular formula is C23H35N7O. The highest BCUT2D eigenvalue weighted by molar-refractivity contribution is 5.85. The Labute approximate surface area is 185 Å². The van der Waals surface area contributed by atoms with E-state index in [0.29, 0.717) is 5.92 Å². The number of nitrogens with zero attached hydrogens (tertiary/aromatic N) is 6. The van der Waals surface area contributed by atoms with Crippen molar-refractivity contribution in [3.63, 3.8) is 0 Å². The molecule has 1 unspecified atom stereocenters. The third-order valence-electron chi connectivity index (χ3n) is 5.70. The highest BCUT2D eigenvalue weighted by Crippen LogP contribution is 2.26. The van der Waals surface area contributed by atoms with Gasteiger partial charge in [-0.05, 0) is 30.5 Å². The van der Waals surface area contributed by atoms with Gasteiger partial charge in [0.1, 0.15) is 6.54 Å². The number of hydrogen-bond acceptors (Lipinski definition) is 4. The summed E-state index contributed by atoms with van der Waals surface area (Å²) in [6, 6.07) is 10.4. The van der Waals surface area contributed by atoms with Gasteiger partial charge in [-0.15, -0.1) is 0 Å². The van der Waals surface area contributed by atoms with Crippen LogP contribution in [0.1, 0.15) is 24.3 Å². The van der Waals surface area contributed by atoms with Crippen molar-refractivity contribution in [2.75, 3.05) is 58.8 Å². The van der Waals surface area contributed by atoms with Gasteiger partial charge in [0.05, 0.1) is 6.20 Å². The van der Waals surface area contributed by atoms with Crippen LogP contribution in [-0.2, 0) is 11.8 Å². The second kappa shape index (κ2) is 10.8. The molecule has 0 saturated carbocycles. The van der Waals surface area contributed by atoms with Crippen LogP contribution in [0.2, 0.25) is 0 Å². The third-order valence-corrected chi connectivity index (χ3v) is 5.70. The molecule has 1 aromatic heterocycles. The molecule has 1 atom stereocenters. The number of aryl methyl sites for hydroxylation is 1. The molecule has 168 valence electrons. The molecule has 1 N–H and O–H groups in total. The summed E-state index contributed by atoms with van der Waals surface area (Å²) in [6.07, 6.45) is 6.08. The Hall–Kier alpha value is -3.03. The minimum Gasteiger partial charge on any atom is -0.375 e. The Kier molecular flexibility index (Phi) is 7.92. The monoisotopic (exact) mass is 425 g/mol. The third kappa shape index (κ3) is 6.47. The smallest absolute Gasteiger partial charge is 0.243 e. The zero-order valence-corrected chi connectivity index (χ0v) is 19.2. The summed E-state index contributed by atoms with van der Waals surface area (Å²) < 4.78 is 1.85. The fraction of sp³-hybridized carbons (Fsp3) is 0.522. The first-order chi connectivity index (χ1) is 14.9. The number of nitrogens with one attached hydrogen (secondary N) is 1. The van der Waals surface area contributed by atoms with E-state index in [0.717, 1.165) is 45.0 Å². The van der Waals surface area contributed by atoms with Gasteiger partial charge in [0, 0.05) is 72.2 Å². The first-order valence-corrected chi connectivity index (χ1v) is 10.9. The van der Waals surface area contributed by atoms with E-state index in [-0.39, 0.29) is 12.5 Å². The topological polar surface area (TPSA) is 69.0 Å². The Morgan fingerprint density at radius 2 is 2.03 bits per heavy atom. The zero-order chi connectivity index (χ0) is 22.2. The number of carbonyl (C=O) groups is 1. The van der Waals surface area contributed by atoms with E-state index in [1.54, 1.807) is 19.0 Å². The maximum atomic E-state index is 12.1. The number of benzene rings is 1. The number of aliphatic imine (C=N–C) groups is 1. The van der Waals surface area contributed by atoms with E-state index < -0.39 is 0 Å². The van der Waals surface area contributed by atoms with Crippen molar-refractivity contribution < 1.29 is 4.79 Å². The highest BCUT2D eigenvalue weighted by Gasteiger charge is 2.27. The average Bonchev–Trinajstić information content (AvgIpc) is 3.42. The van der Waals surface area contributed by atoms with Crippen LogP contribution in [0.5, 0.6) is 0 Å². The Bertz CT molecular complexity index is 862. The van der Waals surface area contributed by atoms with Crippen LogP contribution < -0.4 is 10.2 Å². The lowest BCUT2D eigenvalue weighted by molar-refractivity contribution is -0.127. The summed E-state index contributed by atoms with van der Waals surface area (Å²) in [5.41, 5.74) is 2.48. The minimum atomic E-state index is 0.00566. The van der Waals surface area contributed by atoms with Gasteiger partial charge in [-0.1, -0.05) is 18.2 Å². The number of carbonyl (C=O) groups excluding carboxylic acids is 1. The van der Waals surface area contributed by atoms with E-state index >= 15 is 0 Å². The van der Waals surface area contributed by atoms with Gasteiger partial charge in [-0.25, -0.2) is 4.99 Å². The Morgan fingerprint density at radius 3 is 2.71 bits per heavy atom. The number of anilines is 1. The lowest BCUT2D eigenvalue weighted by Gasteiger charge is -2.24. The molecule has 2 heterocycles. The molecule has 1 fully saturated rings. The lowest BCUT2D eigenvalue weighted by Crippen LogP contribution is -2.42. The van der Waals surface area contributed by atoms with E-state index in [1.165, 1.54) is 11.3 Å². The number of rotatable bonds is 8. The van der Waals surface area contributed by atoms with Crippen molar-refractivity contribution in [3.8, 4) is 0 Å². The first kappa shape index (κ1) is 22.7. The lowest BCUT2D eigenvalue weighted by atomic mass is 10.0. The number of likely N-dealkylation sites (tertiary alicyclic amines) is 1. The van der Waals surface area contributed by atoms with Crippen LogP contribution in [0.3, 0.4) is 0 Å². The summed E-state index contributed by atoms with van der Waals surface area (Å²) in [5.74, 6) is 1.27. The summed E-state index contributed by atoms with van der Waals surface area (Å²) in [5, 5.41) is 7.81. The van der Waals surface area contributed by atoms with Crippen LogP contribution in [0, 0.1) is 0 Å². The molecule has 8 heteroatoms. The molecule has 0 spiro atoms. The maximum Gasteiger partial charge on any atom is 0.243 e. The second-order valence-corrected chi connectivity index (χ2v) is 8.34.